The van der Waals surface area contributed by atoms with E-state index in [9.17, 15) is 9.90 Å². The van der Waals surface area contributed by atoms with Gasteiger partial charge in [0.1, 0.15) is 0 Å². The first-order valence-corrected chi connectivity index (χ1v) is 7.95. The largest absolute Gasteiger partial charge is 0.503 e. The molecule has 4 heteroatoms. The Morgan fingerprint density at radius 2 is 2.14 bits per heavy atom. The molecule has 0 aliphatic heterocycles. The van der Waals surface area contributed by atoms with E-state index in [0.29, 0.717) is 12.2 Å². The summed E-state index contributed by atoms with van der Waals surface area (Å²) in [7, 11) is 1.47. The Morgan fingerprint density at radius 1 is 1.36 bits per heavy atom. The lowest BCUT2D eigenvalue weighted by Gasteiger charge is -2.07. The number of aromatic hydroxyl groups is 1. The second kappa shape index (κ2) is 7.50. The van der Waals surface area contributed by atoms with Crippen molar-refractivity contribution >= 4 is 23.5 Å². The number of unbranched alkanes of at least 4 members (excludes halogenated alkanes) is 2. The molecule has 1 aromatic rings. The van der Waals surface area contributed by atoms with E-state index in [2.05, 4.69) is 6.92 Å². The Kier molecular flexibility index (Phi) is 5.67. The van der Waals surface area contributed by atoms with E-state index in [1.165, 1.54) is 7.11 Å². The van der Waals surface area contributed by atoms with Crippen LogP contribution in [0.2, 0.25) is 5.02 Å². The molecule has 0 atom stereocenters. The molecule has 1 aliphatic rings. The molecule has 0 saturated heterocycles. The minimum absolute atomic E-state index is 0.0811. The first-order chi connectivity index (χ1) is 10.6. The van der Waals surface area contributed by atoms with Gasteiger partial charge >= 0.3 is 0 Å². The average molecular weight is 321 g/mol. The number of carbonyl (C=O) groups is 1. The molecule has 0 aromatic heterocycles. The number of Topliss-reactive ketones (excluding diaryl/α,β-unsaturated/α-hetero) is 1. The molecule has 3 nitrogen and oxygen atoms in total. The predicted octanol–water partition coefficient (Wildman–Crippen LogP) is 4.92. The van der Waals surface area contributed by atoms with Gasteiger partial charge in [-0.15, -0.1) is 0 Å². The lowest BCUT2D eigenvalue weighted by molar-refractivity contribution is -0.112. The topological polar surface area (TPSA) is 46.5 Å². The van der Waals surface area contributed by atoms with Crippen LogP contribution in [0.5, 0.6) is 11.5 Å². The molecule has 1 N–H and O–H groups in total. The maximum Gasteiger partial charge on any atom is 0.185 e. The molecule has 118 valence electrons. The van der Waals surface area contributed by atoms with E-state index < -0.39 is 0 Å². The molecule has 0 radical (unpaired) electrons. The first kappa shape index (κ1) is 16.6. The van der Waals surface area contributed by atoms with Crippen LogP contribution in [0, 0.1) is 0 Å². The molecule has 0 saturated carbocycles. The molecule has 0 unspecified atom stereocenters. The van der Waals surface area contributed by atoms with Gasteiger partial charge in [-0.25, -0.2) is 0 Å². The molecular formula is C18H21ClO3. The fraction of sp³-hybridized carbons (Fsp3) is 0.389. The number of allylic oxidation sites excluding steroid dienone is 3. The Balaban J connectivity index is 2.15. The first-order valence-electron chi connectivity index (χ1n) is 7.57. The summed E-state index contributed by atoms with van der Waals surface area (Å²) >= 11 is 5.98. The fourth-order valence-electron chi connectivity index (χ4n) is 2.56. The zero-order valence-corrected chi connectivity index (χ0v) is 13.7. The minimum Gasteiger partial charge on any atom is -0.503 e. The molecule has 0 bridgehead atoms. The van der Waals surface area contributed by atoms with Crippen molar-refractivity contribution in [3.63, 3.8) is 0 Å². The van der Waals surface area contributed by atoms with Crippen LogP contribution >= 0.6 is 11.6 Å². The van der Waals surface area contributed by atoms with Gasteiger partial charge in [0, 0.05) is 5.57 Å². The van der Waals surface area contributed by atoms with Gasteiger partial charge in [-0.2, -0.15) is 0 Å². The number of carbonyl (C=O) groups excluding carboxylic acids is 1. The Labute approximate surface area is 136 Å². The molecule has 0 amide bonds. The summed E-state index contributed by atoms with van der Waals surface area (Å²) in [5, 5.41) is 9.96. The van der Waals surface area contributed by atoms with Crippen LogP contribution in [-0.2, 0) is 4.79 Å². The summed E-state index contributed by atoms with van der Waals surface area (Å²) in [5.74, 6) is 0.350. The number of hydrogen-bond donors (Lipinski definition) is 1. The van der Waals surface area contributed by atoms with Crippen LogP contribution in [0.3, 0.4) is 0 Å². The number of rotatable bonds is 6. The van der Waals surface area contributed by atoms with Crippen LogP contribution in [-0.4, -0.2) is 18.0 Å². The maximum absolute atomic E-state index is 12.4. The summed E-state index contributed by atoms with van der Waals surface area (Å²) in [6, 6.07) is 3.31. The predicted molar refractivity (Wildman–Crippen MR) is 89.5 cm³/mol. The molecule has 0 spiro atoms. The van der Waals surface area contributed by atoms with Gasteiger partial charge in [0.15, 0.2) is 17.3 Å². The van der Waals surface area contributed by atoms with Gasteiger partial charge in [0.25, 0.3) is 0 Å². The van der Waals surface area contributed by atoms with Crippen LogP contribution in [0.25, 0.3) is 6.08 Å². The van der Waals surface area contributed by atoms with E-state index in [1.807, 2.05) is 12.2 Å². The molecule has 22 heavy (non-hydrogen) atoms. The second-order valence-electron chi connectivity index (χ2n) is 5.44. The van der Waals surface area contributed by atoms with Crippen molar-refractivity contribution in [3.8, 4) is 11.5 Å². The van der Waals surface area contributed by atoms with Crippen molar-refractivity contribution in [1.29, 1.82) is 0 Å². The zero-order chi connectivity index (χ0) is 16.1. The number of methoxy groups -OCH3 is 1. The maximum atomic E-state index is 12.4. The van der Waals surface area contributed by atoms with Gasteiger partial charge in [0.05, 0.1) is 12.1 Å². The van der Waals surface area contributed by atoms with E-state index in [1.54, 1.807) is 12.1 Å². The summed E-state index contributed by atoms with van der Waals surface area (Å²) in [5.41, 5.74) is 2.43. The third kappa shape index (κ3) is 3.72. The smallest absolute Gasteiger partial charge is 0.185 e. The number of phenolic OH excluding ortho intramolecular Hbond substituents is 1. The quantitative estimate of drug-likeness (QED) is 0.598. The van der Waals surface area contributed by atoms with Crippen molar-refractivity contribution in [1.82, 2.24) is 0 Å². The van der Waals surface area contributed by atoms with E-state index in [0.717, 1.165) is 42.4 Å². The van der Waals surface area contributed by atoms with Gasteiger partial charge in [-0.1, -0.05) is 37.4 Å². The van der Waals surface area contributed by atoms with Crippen molar-refractivity contribution in [3.05, 3.63) is 39.9 Å². The van der Waals surface area contributed by atoms with Crippen LogP contribution in [0.4, 0.5) is 0 Å². The standard InChI is InChI=1S/C18H21ClO3/c1-3-4-5-6-13-7-8-14(17(13)20)9-12-10-15(19)18(21)16(11-12)22-2/h7,9-11,21H,3-6,8H2,1-2H3/b14-9+. The summed E-state index contributed by atoms with van der Waals surface area (Å²) in [4.78, 5) is 12.4. The summed E-state index contributed by atoms with van der Waals surface area (Å²) < 4.78 is 5.08. The summed E-state index contributed by atoms with van der Waals surface area (Å²) in [6.07, 6.45) is 8.69. The minimum atomic E-state index is -0.0811. The van der Waals surface area contributed by atoms with Gasteiger partial charge < -0.3 is 9.84 Å². The number of hydrogen-bond acceptors (Lipinski definition) is 3. The van der Waals surface area contributed by atoms with Gasteiger partial charge in [-0.3, -0.25) is 4.79 Å². The number of phenols is 1. The van der Waals surface area contributed by atoms with Crippen LogP contribution < -0.4 is 4.74 Å². The Hall–Kier alpha value is -1.74. The Morgan fingerprint density at radius 3 is 2.82 bits per heavy atom. The second-order valence-corrected chi connectivity index (χ2v) is 5.85. The van der Waals surface area contributed by atoms with Crippen LogP contribution in [0.15, 0.2) is 29.4 Å². The molecule has 0 fully saturated rings. The zero-order valence-electron chi connectivity index (χ0n) is 13.0. The van der Waals surface area contributed by atoms with Crippen molar-refractivity contribution in [2.24, 2.45) is 0 Å². The monoisotopic (exact) mass is 320 g/mol. The van der Waals surface area contributed by atoms with Gasteiger partial charge in [-0.05, 0) is 48.6 Å². The number of ketones is 1. The fourth-order valence-corrected chi connectivity index (χ4v) is 2.78. The SMILES string of the molecule is CCCCCC1=CC/C(=C\c2cc(Cl)c(O)c(OC)c2)C1=O. The molecule has 1 aliphatic carbocycles. The number of halogens is 1. The Bertz CT molecular complexity index is 629. The molecule has 2 rings (SSSR count). The third-order valence-corrected chi connectivity index (χ3v) is 4.10. The normalized spacial score (nSPS) is 16.2. The van der Waals surface area contributed by atoms with E-state index in [4.69, 9.17) is 16.3 Å². The highest BCUT2D eigenvalue weighted by Gasteiger charge is 2.20. The average Bonchev–Trinajstić information content (AvgIpc) is 2.84. The number of ether oxygens (including phenoxy) is 1. The van der Waals surface area contributed by atoms with Crippen molar-refractivity contribution < 1.29 is 14.6 Å². The van der Waals surface area contributed by atoms with Crippen molar-refractivity contribution in [2.75, 3.05) is 7.11 Å². The van der Waals surface area contributed by atoms with Crippen LogP contribution in [0.1, 0.15) is 44.6 Å². The molecular weight excluding hydrogens is 300 g/mol. The van der Waals surface area contributed by atoms with Crippen molar-refractivity contribution in [2.45, 2.75) is 39.0 Å². The molecule has 1 aromatic carbocycles. The highest BCUT2D eigenvalue weighted by Crippen LogP contribution is 2.36. The van der Waals surface area contributed by atoms with E-state index >= 15 is 0 Å². The summed E-state index contributed by atoms with van der Waals surface area (Å²) in [6.45, 7) is 2.15. The molecule has 0 heterocycles. The van der Waals surface area contributed by atoms with Gasteiger partial charge in [0.2, 0.25) is 0 Å². The van der Waals surface area contributed by atoms with E-state index in [-0.39, 0.29) is 16.6 Å². The lowest BCUT2D eigenvalue weighted by Crippen LogP contribution is -1.99. The highest BCUT2D eigenvalue weighted by molar-refractivity contribution is 6.32. The highest BCUT2D eigenvalue weighted by atomic mass is 35.5. The lowest BCUT2D eigenvalue weighted by atomic mass is 10.0. The number of benzene rings is 1. The third-order valence-electron chi connectivity index (χ3n) is 3.81.